The standard InChI is InChI=1S/C23H20ClN3S/c1-16-10-12-21(13-11-16)27-22(18-8-5-9-20(24)14-18)25-26-23(27)28-15-19-7-4-3-6-17(19)2/h3-14H,15H2,1-2H3. The van der Waals surface area contributed by atoms with Gasteiger partial charge in [0.15, 0.2) is 11.0 Å². The number of rotatable bonds is 5. The van der Waals surface area contributed by atoms with E-state index >= 15 is 0 Å². The minimum Gasteiger partial charge on any atom is -0.270 e. The molecule has 0 fully saturated rings. The number of hydrogen-bond acceptors (Lipinski definition) is 3. The summed E-state index contributed by atoms with van der Waals surface area (Å²) in [6, 6.07) is 24.6. The lowest BCUT2D eigenvalue weighted by Crippen LogP contribution is -2.00. The molecule has 5 heteroatoms. The van der Waals surface area contributed by atoms with Gasteiger partial charge in [0.25, 0.3) is 0 Å². The Balaban J connectivity index is 1.76. The molecule has 3 aromatic carbocycles. The number of aryl methyl sites for hydroxylation is 2. The quantitative estimate of drug-likeness (QED) is 0.355. The van der Waals surface area contributed by atoms with Gasteiger partial charge in [-0.25, -0.2) is 0 Å². The van der Waals surface area contributed by atoms with Crippen LogP contribution in [0.5, 0.6) is 0 Å². The molecule has 0 aliphatic carbocycles. The van der Waals surface area contributed by atoms with Crippen LogP contribution in [0.2, 0.25) is 5.02 Å². The van der Waals surface area contributed by atoms with Crippen LogP contribution in [0, 0.1) is 13.8 Å². The molecule has 0 amide bonds. The zero-order chi connectivity index (χ0) is 19.5. The SMILES string of the molecule is Cc1ccc(-n2c(SCc3ccccc3C)nnc2-c2cccc(Cl)c2)cc1. The Morgan fingerprint density at radius 3 is 2.43 bits per heavy atom. The fraction of sp³-hybridized carbons (Fsp3) is 0.130. The Bertz CT molecular complexity index is 1100. The first-order chi connectivity index (χ1) is 13.6. The highest BCUT2D eigenvalue weighted by atomic mass is 35.5. The van der Waals surface area contributed by atoms with Crippen molar-refractivity contribution in [3.8, 4) is 17.1 Å². The molecule has 0 saturated heterocycles. The van der Waals surface area contributed by atoms with Crippen molar-refractivity contribution in [2.24, 2.45) is 0 Å². The lowest BCUT2D eigenvalue weighted by atomic mass is 10.1. The van der Waals surface area contributed by atoms with Crippen LogP contribution in [0.25, 0.3) is 17.1 Å². The van der Waals surface area contributed by atoms with Crippen molar-refractivity contribution in [2.45, 2.75) is 24.8 Å². The average molecular weight is 406 g/mol. The third kappa shape index (κ3) is 3.98. The summed E-state index contributed by atoms with van der Waals surface area (Å²) < 4.78 is 2.11. The number of benzene rings is 3. The lowest BCUT2D eigenvalue weighted by Gasteiger charge is -2.11. The normalized spacial score (nSPS) is 11.0. The summed E-state index contributed by atoms with van der Waals surface area (Å²) in [6.45, 7) is 4.22. The van der Waals surface area contributed by atoms with Gasteiger partial charge in [-0.05, 0) is 49.2 Å². The second-order valence-corrected chi connectivity index (χ2v) is 8.08. The zero-order valence-corrected chi connectivity index (χ0v) is 17.3. The molecular formula is C23H20ClN3S. The number of hydrogen-bond donors (Lipinski definition) is 0. The first-order valence-corrected chi connectivity index (χ1v) is 10.4. The van der Waals surface area contributed by atoms with E-state index in [1.165, 1.54) is 16.7 Å². The van der Waals surface area contributed by atoms with E-state index in [0.717, 1.165) is 28.0 Å². The van der Waals surface area contributed by atoms with Gasteiger partial charge in [0.1, 0.15) is 0 Å². The van der Waals surface area contributed by atoms with Gasteiger partial charge in [-0.15, -0.1) is 10.2 Å². The molecule has 0 aliphatic rings. The van der Waals surface area contributed by atoms with Crippen molar-refractivity contribution < 1.29 is 0 Å². The third-order valence-electron chi connectivity index (χ3n) is 4.63. The van der Waals surface area contributed by atoms with Crippen molar-refractivity contribution in [3.05, 3.63) is 94.5 Å². The van der Waals surface area contributed by atoms with Gasteiger partial charge in [0.05, 0.1) is 0 Å². The maximum Gasteiger partial charge on any atom is 0.196 e. The van der Waals surface area contributed by atoms with E-state index < -0.39 is 0 Å². The predicted octanol–water partition coefficient (Wildman–Crippen LogP) is 6.50. The summed E-state index contributed by atoms with van der Waals surface area (Å²) in [5.41, 5.74) is 5.79. The molecule has 4 rings (SSSR count). The first kappa shape index (κ1) is 18.8. The van der Waals surface area contributed by atoms with E-state index in [-0.39, 0.29) is 0 Å². The van der Waals surface area contributed by atoms with E-state index in [1.54, 1.807) is 11.8 Å². The average Bonchev–Trinajstić information content (AvgIpc) is 3.12. The van der Waals surface area contributed by atoms with Crippen LogP contribution in [0.3, 0.4) is 0 Å². The van der Waals surface area contributed by atoms with Crippen LogP contribution in [0.15, 0.2) is 78.0 Å². The van der Waals surface area contributed by atoms with Crippen molar-refractivity contribution in [1.82, 2.24) is 14.8 Å². The second kappa shape index (κ2) is 8.21. The summed E-state index contributed by atoms with van der Waals surface area (Å²) in [7, 11) is 0. The Labute approximate surface area is 174 Å². The number of halogens is 1. The predicted molar refractivity (Wildman–Crippen MR) is 117 cm³/mol. The molecule has 3 nitrogen and oxygen atoms in total. The molecular weight excluding hydrogens is 386 g/mol. The molecule has 1 heterocycles. The largest absolute Gasteiger partial charge is 0.270 e. The van der Waals surface area contributed by atoms with Gasteiger partial charge in [-0.1, -0.05) is 77.5 Å². The van der Waals surface area contributed by atoms with Gasteiger partial charge in [0, 0.05) is 22.0 Å². The van der Waals surface area contributed by atoms with Crippen LogP contribution in [-0.2, 0) is 5.75 Å². The number of aromatic nitrogens is 3. The van der Waals surface area contributed by atoms with Crippen LogP contribution in [0.4, 0.5) is 0 Å². The molecule has 0 aliphatic heterocycles. The molecule has 28 heavy (non-hydrogen) atoms. The van der Waals surface area contributed by atoms with Gasteiger partial charge in [-0.2, -0.15) is 0 Å². The zero-order valence-electron chi connectivity index (χ0n) is 15.8. The molecule has 0 radical (unpaired) electrons. The molecule has 0 unspecified atom stereocenters. The maximum absolute atomic E-state index is 6.22. The molecule has 0 spiro atoms. The second-order valence-electron chi connectivity index (χ2n) is 6.70. The van der Waals surface area contributed by atoms with Crippen molar-refractivity contribution in [1.29, 1.82) is 0 Å². The van der Waals surface area contributed by atoms with Gasteiger partial charge in [-0.3, -0.25) is 4.57 Å². The van der Waals surface area contributed by atoms with E-state index in [1.807, 2.05) is 24.3 Å². The third-order valence-corrected chi connectivity index (χ3v) is 5.84. The molecule has 4 aromatic rings. The first-order valence-electron chi connectivity index (χ1n) is 9.07. The number of nitrogens with zero attached hydrogens (tertiary/aromatic N) is 3. The molecule has 0 saturated carbocycles. The van der Waals surface area contributed by atoms with E-state index in [0.29, 0.717) is 5.02 Å². The molecule has 140 valence electrons. The minimum absolute atomic E-state index is 0.685. The summed E-state index contributed by atoms with van der Waals surface area (Å²) in [5.74, 6) is 1.63. The monoisotopic (exact) mass is 405 g/mol. The fourth-order valence-corrected chi connectivity index (χ4v) is 4.24. The number of thioether (sulfide) groups is 1. The Morgan fingerprint density at radius 2 is 1.68 bits per heavy atom. The highest BCUT2D eigenvalue weighted by molar-refractivity contribution is 7.98. The van der Waals surface area contributed by atoms with Crippen LogP contribution in [-0.4, -0.2) is 14.8 Å². The van der Waals surface area contributed by atoms with Crippen LogP contribution >= 0.6 is 23.4 Å². The summed E-state index contributed by atoms with van der Waals surface area (Å²) in [5, 5.41) is 10.5. The van der Waals surface area contributed by atoms with Crippen LogP contribution < -0.4 is 0 Å². The summed E-state index contributed by atoms with van der Waals surface area (Å²) in [4.78, 5) is 0. The lowest BCUT2D eigenvalue weighted by molar-refractivity contribution is 0.885. The van der Waals surface area contributed by atoms with Crippen molar-refractivity contribution in [3.63, 3.8) is 0 Å². The Kier molecular flexibility index (Phi) is 5.51. The van der Waals surface area contributed by atoms with Crippen molar-refractivity contribution >= 4 is 23.4 Å². The maximum atomic E-state index is 6.22. The van der Waals surface area contributed by atoms with E-state index in [4.69, 9.17) is 11.6 Å². The van der Waals surface area contributed by atoms with Gasteiger partial charge < -0.3 is 0 Å². The highest BCUT2D eigenvalue weighted by Gasteiger charge is 2.16. The van der Waals surface area contributed by atoms with Crippen LogP contribution in [0.1, 0.15) is 16.7 Å². The fourth-order valence-electron chi connectivity index (χ4n) is 3.02. The Morgan fingerprint density at radius 1 is 0.893 bits per heavy atom. The summed E-state index contributed by atoms with van der Waals surface area (Å²) >= 11 is 7.91. The molecule has 0 N–H and O–H groups in total. The molecule has 0 atom stereocenters. The Hall–Kier alpha value is -2.56. The molecule has 1 aromatic heterocycles. The highest BCUT2D eigenvalue weighted by Crippen LogP contribution is 2.31. The minimum atomic E-state index is 0.685. The summed E-state index contributed by atoms with van der Waals surface area (Å²) in [6.07, 6.45) is 0. The van der Waals surface area contributed by atoms with E-state index in [2.05, 4.69) is 77.1 Å². The van der Waals surface area contributed by atoms with Gasteiger partial charge in [0.2, 0.25) is 0 Å². The van der Waals surface area contributed by atoms with Crippen molar-refractivity contribution in [2.75, 3.05) is 0 Å². The smallest absolute Gasteiger partial charge is 0.196 e. The van der Waals surface area contributed by atoms with E-state index in [9.17, 15) is 0 Å². The van der Waals surface area contributed by atoms with Gasteiger partial charge >= 0.3 is 0 Å². The topological polar surface area (TPSA) is 30.7 Å². The molecule has 0 bridgehead atoms.